The molecule has 0 bridgehead atoms. The Bertz CT molecular complexity index is 458. The van der Waals surface area contributed by atoms with E-state index < -0.39 is 5.72 Å². The first kappa shape index (κ1) is 11.6. The van der Waals surface area contributed by atoms with Crippen molar-refractivity contribution in [3.05, 3.63) is 41.9 Å². The maximum Gasteiger partial charge on any atom is 0.243 e. The standard InChI is InChI=1S/C12H15N3O2/c1-3-11(16)15-12(17,7-9(2)14-15)10-5-4-6-13-8-10/h4-8,14,17H,3H2,1-2H3. The number of hydrogen-bond donors (Lipinski definition) is 2. The van der Waals surface area contributed by atoms with E-state index in [0.717, 1.165) is 5.70 Å². The average molecular weight is 233 g/mol. The van der Waals surface area contributed by atoms with Gasteiger partial charge in [-0.3, -0.25) is 15.2 Å². The Labute approximate surface area is 99.7 Å². The average Bonchev–Trinajstić information content (AvgIpc) is 2.66. The molecule has 0 spiro atoms. The summed E-state index contributed by atoms with van der Waals surface area (Å²) in [6.45, 7) is 3.55. The van der Waals surface area contributed by atoms with Gasteiger partial charge in [0.25, 0.3) is 0 Å². The van der Waals surface area contributed by atoms with Crippen LogP contribution >= 0.6 is 0 Å². The van der Waals surface area contributed by atoms with Gasteiger partial charge in [-0.25, -0.2) is 5.01 Å². The van der Waals surface area contributed by atoms with Crippen molar-refractivity contribution in [2.45, 2.75) is 26.0 Å². The van der Waals surface area contributed by atoms with Crippen LogP contribution in [-0.4, -0.2) is 21.0 Å². The zero-order valence-corrected chi connectivity index (χ0v) is 9.84. The number of hydrogen-bond acceptors (Lipinski definition) is 4. The number of hydrazine groups is 1. The van der Waals surface area contributed by atoms with Crippen LogP contribution in [-0.2, 0) is 10.5 Å². The lowest BCUT2D eigenvalue weighted by Gasteiger charge is -2.32. The molecule has 5 heteroatoms. The number of allylic oxidation sites excluding steroid dienone is 1. The van der Waals surface area contributed by atoms with Gasteiger partial charge in [-0.15, -0.1) is 0 Å². The van der Waals surface area contributed by atoms with Crippen LogP contribution in [0.5, 0.6) is 0 Å². The fourth-order valence-corrected chi connectivity index (χ4v) is 1.86. The molecule has 0 saturated heterocycles. The third kappa shape index (κ3) is 1.89. The molecule has 0 saturated carbocycles. The monoisotopic (exact) mass is 233 g/mol. The minimum absolute atomic E-state index is 0.176. The van der Waals surface area contributed by atoms with Crippen LogP contribution in [0.3, 0.4) is 0 Å². The maximum absolute atomic E-state index is 11.8. The van der Waals surface area contributed by atoms with E-state index in [1.54, 1.807) is 44.4 Å². The highest BCUT2D eigenvalue weighted by molar-refractivity contribution is 5.77. The molecule has 0 radical (unpaired) electrons. The highest BCUT2D eigenvalue weighted by Gasteiger charge is 2.42. The summed E-state index contributed by atoms with van der Waals surface area (Å²) >= 11 is 0. The van der Waals surface area contributed by atoms with Crippen LogP contribution in [0.25, 0.3) is 0 Å². The lowest BCUT2D eigenvalue weighted by molar-refractivity contribution is -0.155. The summed E-state index contributed by atoms with van der Waals surface area (Å²) in [7, 11) is 0. The predicted molar refractivity (Wildman–Crippen MR) is 62.2 cm³/mol. The second kappa shape index (κ2) is 4.18. The van der Waals surface area contributed by atoms with E-state index in [2.05, 4.69) is 10.4 Å². The molecular formula is C12H15N3O2. The summed E-state index contributed by atoms with van der Waals surface area (Å²) in [6, 6.07) is 3.46. The molecule has 1 amide bonds. The highest BCUT2D eigenvalue weighted by Crippen LogP contribution is 2.31. The third-order valence-corrected chi connectivity index (χ3v) is 2.69. The summed E-state index contributed by atoms with van der Waals surface area (Å²) in [5, 5.41) is 11.9. The number of nitrogens with zero attached hydrogens (tertiary/aromatic N) is 2. The van der Waals surface area contributed by atoms with Crippen molar-refractivity contribution in [1.82, 2.24) is 15.4 Å². The van der Waals surface area contributed by atoms with Gasteiger partial charge in [0.15, 0.2) is 0 Å². The second-order valence-electron chi connectivity index (χ2n) is 3.99. The largest absolute Gasteiger partial charge is 0.362 e. The number of rotatable bonds is 2. The number of aliphatic hydroxyl groups is 1. The van der Waals surface area contributed by atoms with Crippen LogP contribution in [0.4, 0.5) is 0 Å². The third-order valence-electron chi connectivity index (χ3n) is 2.69. The molecule has 2 heterocycles. The van der Waals surface area contributed by atoms with E-state index >= 15 is 0 Å². The van der Waals surface area contributed by atoms with Crippen molar-refractivity contribution in [1.29, 1.82) is 0 Å². The number of carbonyl (C=O) groups is 1. The van der Waals surface area contributed by atoms with E-state index in [4.69, 9.17) is 0 Å². The van der Waals surface area contributed by atoms with Crippen LogP contribution in [0.2, 0.25) is 0 Å². The molecule has 1 unspecified atom stereocenters. The minimum Gasteiger partial charge on any atom is -0.362 e. The number of nitrogens with one attached hydrogen (secondary N) is 1. The Kier molecular flexibility index (Phi) is 2.85. The Morgan fingerprint density at radius 3 is 3.00 bits per heavy atom. The Hall–Kier alpha value is -1.88. The van der Waals surface area contributed by atoms with Gasteiger partial charge in [0.05, 0.1) is 0 Å². The van der Waals surface area contributed by atoms with Crippen molar-refractivity contribution in [3.63, 3.8) is 0 Å². The lowest BCUT2D eigenvalue weighted by Crippen LogP contribution is -2.50. The zero-order chi connectivity index (χ0) is 12.5. The van der Waals surface area contributed by atoms with Crippen LogP contribution in [0.1, 0.15) is 25.8 Å². The first-order valence-electron chi connectivity index (χ1n) is 5.50. The Balaban J connectivity index is 2.43. The van der Waals surface area contributed by atoms with Gasteiger partial charge in [0, 0.05) is 30.1 Å². The molecule has 0 fully saturated rings. The Morgan fingerprint density at radius 2 is 2.41 bits per heavy atom. The molecule has 17 heavy (non-hydrogen) atoms. The summed E-state index contributed by atoms with van der Waals surface area (Å²) in [6.07, 6.45) is 5.10. The van der Waals surface area contributed by atoms with Gasteiger partial charge in [-0.2, -0.15) is 0 Å². The SMILES string of the molecule is CCC(=O)N1NC(C)=CC1(O)c1cccnc1. The first-order chi connectivity index (χ1) is 8.08. The van der Waals surface area contributed by atoms with E-state index in [9.17, 15) is 9.90 Å². The molecule has 1 aromatic rings. The molecular weight excluding hydrogens is 218 g/mol. The molecule has 2 rings (SSSR count). The van der Waals surface area contributed by atoms with Gasteiger partial charge >= 0.3 is 0 Å². The normalized spacial score (nSPS) is 23.2. The highest BCUT2D eigenvalue weighted by atomic mass is 16.3. The van der Waals surface area contributed by atoms with Gasteiger partial charge in [0.2, 0.25) is 11.6 Å². The van der Waals surface area contributed by atoms with Gasteiger partial charge in [0.1, 0.15) is 0 Å². The number of amides is 1. The second-order valence-corrected chi connectivity index (χ2v) is 3.99. The molecule has 1 aromatic heterocycles. The first-order valence-corrected chi connectivity index (χ1v) is 5.50. The van der Waals surface area contributed by atoms with Crippen molar-refractivity contribution in [2.75, 3.05) is 0 Å². The quantitative estimate of drug-likeness (QED) is 0.796. The van der Waals surface area contributed by atoms with Gasteiger partial charge in [-0.05, 0) is 19.1 Å². The molecule has 1 aliphatic heterocycles. The van der Waals surface area contributed by atoms with Gasteiger partial charge < -0.3 is 5.11 Å². The summed E-state index contributed by atoms with van der Waals surface area (Å²) < 4.78 is 0. The molecule has 0 aromatic carbocycles. The van der Waals surface area contributed by atoms with Crippen molar-refractivity contribution in [2.24, 2.45) is 0 Å². The zero-order valence-electron chi connectivity index (χ0n) is 9.84. The molecule has 1 atom stereocenters. The summed E-state index contributed by atoms with van der Waals surface area (Å²) in [5.41, 5.74) is 2.70. The van der Waals surface area contributed by atoms with Gasteiger partial charge in [-0.1, -0.05) is 13.0 Å². The fraction of sp³-hybridized carbons (Fsp3) is 0.333. The minimum atomic E-state index is -1.45. The smallest absolute Gasteiger partial charge is 0.243 e. The van der Waals surface area contributed by atoms with Crippen LogP contribution in [0.15, 0.2) is 36.3 Å². The van der Waals surface area contributed by atoms with E-state index in [0.29, 0.717) is 12.0 Å². The predicted octanol–water partition coefficient (Wildman–Crippen LogP) is 0.887. The number of pyridine rings is 1. The van der Waals surface area contributed by atoms with E-state index in [-0.39, 0.29) is 5.91 Å². The molecule has 90 valence electrons. The topological polar surface area (TPSA) is 65.5 Å². The molecule has 2 N–H and O–H groups in total. The van der Waals surface area contributed by atoms with Crippen molar-refractivity contribution >= 4 is 5.91 Å². The lowest BCUT2D eigenvalue weighted by atomic mass is 10.0. The van der Waals surface area contributed by atoms with Crippen molar-refractivity contribution in [3.8, 4) is 0 Å². The molecule has 5 nitrogen and oxygen atoms in total. The Morgan fingerprint density at radius 1 is 1.65 bits per heavy atom. The van der Waals surface area contributed by atoms with Crippen LogP contribution < -0.4 is 5.43 Å². The maximum atomic E-state index is 11.8. The summed E-state index contributed by atoms with van der Waals surface area (Å²) in [4.78, 5) is 15.8. The fourth-order valence-electron chi connectivity index (χ4n) is 1.86. The number of aromatic nitrogens is 1. The summed E-state index contributed by atoms with van der Waals surface area (Å²) in [5.74, 6) is -0.176. The van der Waals surface area contributed by atoms with Crippen molar-refractivity contribution < 1.29 is 9.90 Å². The number of carbonyl (C=O) groups excluding carboxylic acids is 1. The van der Waals surface area contributed by atoms with E-state index in [1.807, 2.05) is 0 Å². The molecule has 0 aliphatic carbocycles. The molecule has 1 aliphatic rings. The van der Waals surface area contributed by atoms with Crippen LogP contribution in [0, 0.1) is 0 Å². The van der Waals surface area contributed by atoms with E-state index in [1.165, 1.54) is 5.01 Å².